The van der Waals surface area contributed by atoms with Gasteiger partial charge in [0.05, 0.1) is 17.7 Å². The molecule has 0 radical (unpaired) electrons. The molecule has 0 spiro atoms. The highest BCUT2D eigenvalue weighted by Gasteiger charge is 2.55. The van der Waals surface area contributed by atoms with Gasteiger partial charge in [-0.25, -0.2) is 0 Å². The minimum absolute atomic E-state index is 0.132. The van der Waals surface area contributed by atoms with E-state index in [1.165, 1.54) is 0 Å². The summed E-state index contributed by atoms with van der Waals surface area (Å²) in [6, 6.07) is 13.2. The first kappa shape index (κ1) is 12.4. The summed E-state index contributed by atoms with van der Waals surface area (Å²) in [5, 5.41) is 19.1. The minimum atomic E-state index is -1.52. The van der Waals surface area contributed by atoms with E-state index in [-0.39, 0.29) is 11.4 Å². The van der Waals surface area contributed by atoms with Crippen molar-refractivity contribution in [2.75, 3.05) is 0 Å². The van der Waals surface area contributed by atoms with Gasteiger partial charge in [-0.05, 0) is 12.0 Å². The Balaban J connectivity index is 2.15. The Morgan fingerprint density at radius 3 is 2.50 bits per heavy atom. The standard InChI is InChI=1S/C16H12N2O2/c17-9-16(10-18)14-12(19)7-4-8-13(14)20-15(16)11-5-2-1-3-6-11/h1-3,5-6,15H,4,7-8H2. The van der Waals surface area contributed by atoms with Gasteiger partial charge in [-0.15, -0.1) is 0 Å². The van der Waals surface area contributed by atoms with Gasteiger partial charge < -0.3 is 4.74 Å². The fourth-order valence-electron chi connectivity index (χ4n) is 2.93. The predicted octanol–water partition coefficient (Wildman–Crippen LogP) is 2.80. The van der Waals surface area contributed by atoms with Crippen LogP contribution in [0.5, 0.6) is 0 Å². The van der Waals surface area contributed by atoms with Crippen LogP contribution in [0.1, 0.15) is 30.9 Å². The molecule has 20 heavy (non-hydrogen) atoms. The van der Waals surface area contributed by atoms with Gasteiger partial charge in [0, 0.05) is 12.8 Å². The maximum Gasteiger partial charge on any atom is 0.215 e. The Hall–Kier alpha value is -2.59. The van der Waals surface area contributed by atoms with Gasteiger partial charge in [0.15, 0.2) is 11.9 Å². The molecule has 0 bridgehead atoms. The lowest BCUT2D eigenvalue weighted by Gasteiger charge is -2.22. The maximum atomic E-state index is 12.1. The SMILES string of the molecule is N#CC1(C#N)C2=C(CCCC2=O)OC1c1ccccc1. The molecular formula is C16H12N2O2. The fourth-order valence-corrected chi connectivity index (χ4v) is 2.93. The number of rotatable bonds is 1. The smallest absolute Gasteiger partial charge is 0.215 e. The van der Waals surface area contributed by atoms with Crippen molar-refractivity contribution in [2.24, 2.45) is 5.41 Å². The zero-order valence-corrected chi connectivity index (χ0v) is 10.8. The third kappa shape index (κ3) is 1.55. The third-order valence-corrected chi connectivity index (χ3v) is 3.87. The number of ether oxygens (including phenoxy) is 1. The number of nitrogens with zero attached hydrogens (tertiary/aromatic N) is 2. The van der Waals surface area contributed by atoms with Crippen LogP contribution >= 0.6 is 0 Å². The summed E-state index contributed by atoms with van der Waals surface area (Å²) in [4.78, 5) is 12.1. The van der Waals surface area contributed by atoms with E-state index >= 15 is 0 Å². The number of carbonyl (C=O) groups excluding carboxylic acids is 1. The molecule has 1 aliphatic carbocycles. The van der Waals surface area contributed by atoms with Crippen LogP contribution in [0.25, 0.3) is 0 Å². The summed E-state index contributed by atoms with van der Waals surface area (Å²) in [5.74, 6) is 0.394. The monoisotopic (exact) mass is 264 g/mol. The Bertz CT molecular complexity index is 663. The van der Waals surface area contributed by atoms with Crippen molar-refractivity contribution in [3.63, 3.8) is 0 Å². The normalized spacial score (nSPS) is 23.5. The molecule has 4 heteroatoms. The van der Waals surface area contributed by atoms with Crippen LogP contribution in [0.4, 0.5) is 0 Å². The van der Waals surface area contributed by atoms with Crippen LogP contribution < -0.4 is 0 Å². The molecule has 0 amide bonds. The van der Waals surface area contributed by atoms with Gasteiger partial charge in [0.1, 0.15) is 5.76 Å². The van der Waals surface area contributed by atoms with E-state index < -0.39 is 11.5 Å². The summed E-state index contributed by atoms with van der Waals surface area (Å²) in [6.45, 7) is 0. The molecule has 98 valence electrons. The molecule has 2 aliphatic rings. The molecule has 1 unspecified atom stereocenters. The second-order valence-electron chi connectivity index (χ2n) is 5.02. The van der Waals surface area contributed by atoms with E-state index in [0.29, 0.717) is 25.0 Å². The molecule has 1 heterocycles. The first-order valence-corrected chi connectivity index (χ1v) is 6.54. The molecule has 0 aromatic heterocycles. The second kappa shape index (κ2) is 4.51. The van der Waals surface area contributed by atoms with Crippen molar-refractivity contribution < 1.29 is 9.53 Å². The van der Waals surface area contributed by atoms with Crippen molar-refractivity contribution in [3.8, 4) is 12.1 Å². The Morgan fingerprint density at radius 2 is 1.85 bits per heavy atom. The van der Waals surface area contributed by atoms with Crippen molar-refractivity contribution in [3.05, 3.63) is 47.2 Å². The van der Waals surface area contributed by atoms with Gasteiger partial charge in [-0.1, -0.05) is 30.3 Å². The van der Waals surface area contributed by atoms with Crippen LogP contribution in [0.3, 0.4) is 0 Å². The highest BCUT2D eigenvalue weighted by Crippen LogP contribution is 2.53. The zero-order valence-electron chi connectivity index (χ0n) is 10.8. The highest BCUT2D eigenvalue weighted by molar-refractivity contribution is 6.00. The van der Waals surface area contributed by atoms with Crippen LogP contribution in [0.15, 0.2) is 41.7 Å². The Kier molecular flexibility index (Phi) is 2.80. The van der Waals surface area contributed by atoms with Crippen LogP contribution in [-0.4, -0.2) is 5.78 Å². The van der Waals surface area contributed by atoms with Gasteiger partial charge in [0.25, 0.3) is 0 Å². The number of hydrogen-bond donors (Lipinski definition) is 0. The number of nitriles is 2. The number of allylic oxidation sites excluding steroid dienone is 1. The average Bonchev–Trinajstić information content (AvgIpc) is 2.84. The van der Waals surface area contributed by atoms with E-state index in [0.717, 1.165) is 5.56 Å². The lowest BCUT2D eigenvalue weighted by Crippen LogP contribution is -2.28. The van der Waals surface area contributed by atoms with E-state index in [1.807, 2.05) is 42.5 Å². The maximum absolute atomic E-state index is 12.1. The minimum Gasteiger partial charge on any atom is -0.486 e. The molecule has 1 aliphatic heterocycles. The Morgan fingerprint density at radius 1 is 1.15 bits per heavy atom. The molecule has 0 saturated heterocycles. The van der Waals surface area contributed by atoms with Gasteiger partial charge in [-0.3, -0.25) is 4.79 Å². The van der Waals surface area contributed by atoms with Crippen LogP contribution in [0, 0.1) is 28.1 Å². The molecule has 0 N–H and O–H groups in total. The fraction of sp³-hybridized carbons (Fsp3) is 0.312. The molecule has 4 nitrogen and oxygen atoms in total. The summed E-state index contributed by atoms with van der Waals surface area (Å²) < 4.78 is 5.83. The molecule has 1 aromatic rings. The molecule has 3 rings (SSSR count). The summed E-state index contributed by atoms with van der Waals surface area (Å²) >= 11 is 0. The van der Waals surface area contributed by atoms with Crippen molar-refractivity contribution in [2.45, 2.75) is 25.4 Å². The van der Waals surface area contributed by atoms with Crippen molar-refractivity contribution in [1.82, 2.24) is 0 Å². The molecule has 0 saturated carbocycles. The zero-order chi connectivity index (χ0) is 14.2. The molecular weight excluding hydrogens is 252 g/mol. The number of benzene rings is 1. The van der Waals surface area contributed by atoms with E-state index in [4.69, 9.17) is 4.74 Å². The van der Waals surface area contributed by atoms with Crippen LogP contribution in [-0.2, 0) is 9.53 Å². The summed E-state index contributed by atoms with van der Waals surface area (Å²) in [7, 11) is 0. The predicted molar refractivity (Wildman–Crippen MR) is 69.8 cm³/mol. The molecule has 0 fully saturated rings. The number of ketones is 1. The first-order chi connectivity index (χ1) is 9.73. The number of carbonyl (C=O) groups is 1. The van der Waals surface area contributed by atoms with Gasteiger partial charge in [-0.2, -0.15) is 10.5 Å². The topological polar surface area (TPSA) is 73.9 Å². The number of hydrogen-bond acceptors (Lipinski definition) is 4. The average molecular weight is 264 g/mol. The molecule has 1 atom stereocenters. The van der Waals surface area contributed by atoms with Gasteiger partial charge in [0.2, 0.25) is 5.41 Å². The quantitative estimate of drug-likeness (QED) is 0.781. The van der Waals surface area contributed by atoms with Crippen molar-refractivity contribution in [1.29, 1.82) is 10.5 Å². The van der Waals surface area contributed by atoms with Gasteiger partial charge >= 0.3 is 0 Å². The Labute approximate surface area is 116 Å². The van der Waals surface area contributed by atoms with Crippen LogP contribution in [0.2, 0.25) is 0 Å². The van der Waals surface area contributed by atoms with Crippen molar-refractivity contribution >= 4 is 5.78 Å². The lowest BCUT2D eigenvalue weighted by molar-refractivity contribution is -0.116. The summed E-state index contributed by atoms with van der Waals surface area (Å²) in [6.07, 6.45) is 1.00. The molecule has 1 aromatic carbocycles. The van der Waals surface area contributed by atoms with E-state index in [2.05, 4.69) is 0 Å². The van der Waals surface area contributed by atoms with E-state index in [1.54, 1.807) is 0 Å². The third-order valence-electron chi connectivity index (χ3n) is 3.87. The first-order valence-electron chi connectivity index (χ1n) is 6.54. The second-order valence-corrected chi connectivity index (χ2v) is 5.02. The lowest BCUT2D eigenvalue weighted by atomic mass is 9.73. The summed E-state index contributed by atoms with van der Waals surface area (Å²) in [5.41, 5.74) is -0.492. The highest BCUT2D eigenvalue weighted by atomic mass is 16.5. The van der Waals surface area contributed by atoms with E-state index in [9.17, 15) is 15.3 Å². The number of Topliss-reactive ketones (excluding diaryl/α,β-unsaturated/α-hetero) is 1. The largest absolute Gasteiger partial charge is 0.486 e.